The van der Waals surface area contributed by atoms with Crippen LogP contribution in [0.1, 0.15) is 38.2 Å². The van der Waals surface area contributed by atoms with Crippen molar-refractivity contribution in [2.75, 3.05) is 6.54 Å². The Labute approximate surface area is 122 Å². The molecule has 3 nitrogen and oxygen atoms in total. The lowest BCUT2D eigenvalue weighted by Crippen LogP contribution is -2.45. The average molecular weight is 295 g/mol. The fourth-order valence-electron chi connectivity index (χ4n) is 2.83. The predicted octanol–water partition coefficient (Wildman–Crippen LogP) is 2.87. The molecular weight excluding hydrogens is 276 g/mol. The van der Waals surface area contributed by atoms with Gasteiger partial charge in [0.25, 0.3) is 0 Å². The van der Waals surface area contributed by atoms with Gasteiger partial charge in [0.05, 0.1) is 6.42 Å². The Balaban J connectivity index is 2.12. The summed E-state index contributed by atoms with van der Waals surface area (Å²) in [6, 6.07) is 3.43. The molecule has 1 aromatic rings. The first-order chi connectivity index (χ1) is 9.99. The molecule has 0 aliphatic carbocycles. The maximum atomic E-state index is 13.6. The fraction of sp³-hybridized carbons (Fsp3) is 0.500. The van der Waals surface area contributed by atoms with Gasteiger partial charge in [0.1, 0.15) is 17.4 Å². The van der Waals surface area contributed by atoms with Crippen LogP contribution in [0.4, 0.5) is 8.78 Å². The molecule has 1 heterocycles. The minimum Gasteiger partial charge on any atom is -0.339 e. The predicted molar refractivity (Wildman–Crippen MR) is 74.7 cm³/mol. The second kappa shape index (κ2) is 6.78. The zero-order valence-corrected chi connectivity index (χ0v) is 12.1. The molecule has 1 atom stereocenters. The Hall–Kier alpha value is -1.78. The van der Waals surface area contributed by atoms with E-state index < -0.39 is 11.6 Å². The van der Waals surface area contributed by atoms with E-state index >= 15 is 0 Å². The van der Waals surface area contributed by atoms with Crippen molar-refractivity contribution in [3.8, 4) is 0 Å². The average Bonchev–Trinajstić information content (AvgIpc) is 2.43. The molecule has 5 heteroatoms. The van der Waals surface area contributed by atoms with E-state index in [2.05, 4.69) is 0 Å². The summed E-state index contributed by atoms with van der Waals surface area (Å²) >= 11 is 0. The second-order valence-corrected chi connectivity index (χ2v) is 5.52. The lowest BCUT2D eigenvalue weighted by molar-refractivity contribution is -0.135. The molecule has 0 saturated carbocycles. The summed E-state index contributed by atoms with van der Waals surface area (Å²) in [6.07, 6.45) is 2.61. The molecular formula is C16H19F2NO2. The summed E-state index contributed by atoms with van der Waals surface area (Å²) < 4.78 is 27.2. The van der Waals surface area contributed by atoms with Crippen molar-refractivity contribution < 1.29 is 18.4 Å². The number of Topliss-reactive ketones (excluding diaryl/α,β-unsaturated/α-hetero) is 1. The van der Waals surface area contributed by atoms with Crippen molar-refractivity contribution in [2.24, 2.45) is 0 Å². The van der Waals surface area contributed by atoms with Gasteiger partial charge in [0, 0.05) is 24.6 Å². The highest BCUT2D eigenvalue weighted by Crippen LogP contribution is 2.22. The lowest BCUT2D eigenvalue weighted by atomic mass is 9.96. The number of hydrogen-bond acceptors (Lipinski definition) is 2. The van der Waals surface area contributed by atoms with E-state index in [9.17, 15) is 18.4 Å². The van der Waals surface area contributed by atoms with Crippen LogP contribution < -0.4 is 0 Å². The van der Waals surface area contributed by atoms with Crippen LogP contribution in [0.25, 0.3) is 0 Å². The van der Waals surface area contributed by atoms with Crippen LogP contribution in [0.2, 0.25) is 0 Å². The monoisotopic (exact) mass is 295 g/mol. The van der Waals surface area contributed by atoms with Crippen LogP contribution in [-0.4, -0.2) is 29.2 Å². The largest absolute Gasteiger partial charge is 0.339 e. The smallest absolute Gasteiger partial charge is 0.227 e. The number of rotatable bonds is 4. The molecule has 1 unspecified atom stereocenters. The summed E-state index contributed by atoms with van der Waals surface area (Å²) in [6.45, 7) is 2.04. The van der Waals surface area contributed by atoms with E-state index in [1.807, 2.05) is 0 Å². The third-order valence-electron chi connectivity index (χ3n) is 3.86. The quantitative estimate of drug-likeness (QED) is 0.856. The maximum Gasteiger partial charge on any atom is 0.227 e. The topological polar surface area (TPSA) is 37.4 Å². The first-order valence-corrected chi connectivity index (χ1v) is 7.21. The van der Waals surface area contributed by atoms with Crippen molar-refractivity contribution in [1.82, 2.24) is 4.90 Å². The van der Waals surface area contributed by atoms with Crippen LogP contribution in [0.3, 0.4) is 0 Å². The normalized spacial score (nSPS) is 18.6. The molecule has 21 heavy (non-hydrogen) atoms. The zero-order chi connectivity index (χ0) is 15.4. The number of likely N-dealkylation sites (tertiary alicyclic amines) is 1. The zero-order valence-electron chi connectivity index (χ0n) is 12.1. The number of piperidine rings is 1. The fourth-order valence-corrected chi connectivity index (χ4v) is 2.83. The maximum absolute atomic E-state index is 13.6. The summed E-state index contributed by atoms with van der Waals surface area (Å²) in [5.41, 5.74) is -0.199. The molecule has 0 bridgehead atoms. The highest BCUT2D eigenvalue weighted by Gasteiger charge is 2.28. The number of nitrogens with zero attached hydrogens (tertiary/aromatic N) is 1. The SMILES string of the molecule is CC(=O)CC1CCCCN1C(=O)Cc1c(F)cccc1F. The molecule has 0 spiro atoms. The van der Waals surface area contributed by atoms with E-state index in [0.717, 1.165) is 31.4 Å². The van der Waals surface area contributed by atoms with E-state index in [-0.39, 0.29) is 29.7 Å². The van der Waals surface area contributed by atoms with Gasteiger partial charge < -0.3 is 4.90 Å². The number of amides is 1. The minimum atomic E-state index is -0.705. The van der Waals surface area contributed by atoms with Crippen LogP contribution in [0.15, 0.2) is 18.2 Å². The highest BCUT2D eigenvalue weighted by atomic mass is 19.1. The molecule has 1 aliphatic rings. The van der Waals surface area contributed by atoms with Gasteiger partial charge in [-0.05, 0) is 38.3 Å². The van der Waals surface area contributed by atoms with Gasteiger partial charge in [-0.1, -0.05) is 6.07 Å². The van der Waals surface area contributed by atoms with Gasteiger partial charge >= 0.3 is 0 Å². The van der Waals surface area contributed by atoms with Crippen LogP contribution in [-0.2, 0) is 16.0 Å². The van der Waals surface area contributed by atoms with Crippen LogP contribution in [0.5, 0.6) is 0 Å². The number of hydrogen-bond donors (Lipinski definition) is 0. The molecule has 1 aliphatic heterocycles. The summed E-state index contributed by atoms with van der Waals surface area (Å²) in [5, 5.41) is 0. The van der Waals surface area contributed by atoms with Crippen molar-refractivity contribution in [1.29, 1.82) is 0 Å². The minimum absolute atomic E-state index is 0.0248. The molecule has 2 rings (SSSR count). The molecule has 114 valence electrons. The van der Waals surface area contributed by atoms with Gasteiger partial charge in [-0.15, -0.1) is 0 Å². The Morgan fingerprint density at radius 1 is 1.24 bits per heavy atom. The third kappa shape index (κ3) is 3.86. The third-order valence-corrected chi connectivity index (χ3v) is 3.86. The Morgan fingerprint density at radius 2 is 1.90 bits per heavy atom. The number of benzene rings is 1. The van der Waals surface area contributed by atoms with E-state index in [1.54, 1.807) is 4.90 Å². The number of carbonyl (C=O) groups excluding carboxylic acids is 2. The molecule has 0 radical (unpaired) electrons. The molecule has 0 N–H and O–H groups in total. The first kappa shape index (κ1) is 15.6. The summed E-state index contributed by atoms with van der Waals surface area (Å²) in [4.78, 5) is 25.2. The Bertz CT molecular complexity index is 525. The number of halogens is 2. The molecule has 1 fully saturated rings. The van der Waals surface area contributed by atoms with Gasteiger partial charge in [-0.2, -0.15) is 0 Å². The van der Waals surface area contributed by atoms with Gasteiger partial charge in [0.15, 0.2) is 0 Å². The molecule has 0 aromatic heterocycles. The number of carbonyl (C=O) groups is 2. The Kier molecular flexibility index (Phi) is 5.04. The second-order valence-electron chi connectivity index (χ2n) is 5.52. The van der Waals surface area contributed by atoms with Crippen molar-refractivity contribution >= 4 is 11.7 Å². The highest BCUT2D eigenvalue weighted by molar-refractivity contribution is 5.81. The summed E-state index contributed by atoms with van der Waals surface area (Å²) in [7, 11) is 0. The van der Waals surface area contributed by atoms with Crippen molar-refractivity contribution in [3.05, 3.63) is 35.4 Å². The first-order valence-electron chi connectivity index (χ1n) is 7.21. The standard InChI is InChI=1S/C16H19F2NO2/c1-11(20)9-12-5-2-3-8-19(12)16(21)10-13-14(17)6-4-7-15(13)18/h4,6-7,12H,2-3,5,8-10H2,1H3. The van der Waals surface area contributed by atoms with Crippen molar-refractivity contribution in [2.45, 2.75) is 45.1 Å². The van der Waals surface area contributed by atoms with Crippen LogP contribution >= 0.6 is 0 Å². The van der Waals surface area contributed by atoms with Gasteiger partial charge in [-0.3, -0.25) is 9.59 Å². The summed E-state index contributed by atoms with van der Waals surface area (Å²) in [5.74, 6) is -1.70. The Morgan fingerprint density at radius 3 is 2.52 bits per heavy atom. The van der Waals surface area contributed by atoms with E-state index in [1.165, 1.54) is 13.0 Å². The lowest BCUT2D eigenvalue weighted by Gasteiger charge is -2.35. The molecule has 1 amide bonds. The number of ketones is 1. The van der Waals surface area contributed by atoms with E-state index in [0.29, 0.717) is 13.0 Å². The van der Waals surface area contributed by atoms with Gasteiger partial charge in [-0.25, -0.2) is 8.78 Å². The molecule has 1 aromatic carbocycles. The molecule has 1 saturated heterocycles. The van der Waals surface area contributed by atoms with Crippen molar-refractivity contribution in [3.63, 3.8) is 0 Å². The van der Waals surface area contributed by atoms with E-state index in [4.69, 9.17) is 0 Å². The van der Waals surface area contributed by atoms with Crippen LogP contribution in [0, 0.1) is 11.6 Å². The van der Waals surface area contributed by atoms with Gasteiger partial charge in [0.2, 0.25) is 5.91 Å².